The molecule has 0 fully saturated rings. The van der Waals surface area contributed by atoms with Gasteiger partial charge in [-0.05, 0) is 69.5 Å². The number of nitrogens with zero attached hydrogens (tertiary/aromatic N) is 1. The van der Waals surface area contributed by atoms with Crippen LogP contribution in [0.1, 0.15) is 58.8 Å². The average molecular weight is 411 g/mol. The van der Waals surface area contributed by atoms with Crippen LogP contribution in [0.2, 0.25) is 0 Å². The molecule has 0 aromatic carbocycles. The minimum absolute atomic E-state index is 0.380. The van der Waals surface area contributed by atoms with Crippen molar-refractivity contribution in [2.75, 3.05) is 26.2 Å². The predicted octanol–water partition coefficient (Wildman–Crippen LogP) is 5.70. The standard InChI is InChI=1S/C22H39BrN2/c1-4-11-21(16-24)12-9-10-15-25(17-19(2)20(3)23)18-22-13-7-5-6-8-14-22/h5,7-8,14,20-22H,2,4,6,9-13,15-18,24H2,1,3H3. The number of halogens is 1. The second-order valence-electron chi connectivity index (χ2n) is 7.53. The highest BCUT2D eigenvalue weighted by Crippen LogP contribution is 2.18. The lowest BCUT2D eigenvalue weighted by atomic mass is 9.97. The third kappa shape index (κ3) is 10.4. The summed E-state index contributed by atoms with van der Waals surface area (Å²) in [7, 11) is 0. The largest absolute Gasteiger partial charge is 0.330 e. The highest BCUT2D eigenvalue weighted by atomic mass is 79.9. The fourth-order valence-corrected chi connectivity index (χ4v) is 3.61. The molecule has 3 unspecified atom stereocenters. The summed E-state index contributed by atoms with van der Waals surface area (Å²) in [5.41, 5.74) is 7.17. The Morgan fingerprint density at radius 3 is 2.76 bits per heavy atom. The van der Waals surface area contributed by atoms with Gasteiger partial charge in [-0.15, -0.1) is 0 Å². The van der Waals surface area contributed by atoms with E-state index in [2.05, 4.69) is 65.6 Å². The van der Waals surface area contributed by atoms with Gasteiger partial charge in [-0.25, -0.2) is 0 Å². The van der Waals surface area contributed by atoms with Crippen molar-refractivity contribution in [1.29, 1.82) is 0 Å². The summed E-state index contributed by atoms with van der Waals surface area (Å²) < 4.78 is 0. The van der Waals surface area contributed by atoms with Gasteiger partial charge in [-0.1, -0.05) is 66.6 Å². The summed E-state index contributed by atoms with van der Waals surface area (Å²) in [4.78, 5) is 2.98. The molecule has 25 heavy (non-hydrogen) atoms. The molecule has 0 spiro atoms. The highest BCUT2D eigenvalue weighted by Gasteiger charge is 2.15. The van der Waals surface area contributed by atoms with E-state index in [1.165, 1.54) is 37.7 Å². The number of allylic oxidation sites excluding steroid dienone is 3. The zero-order valence-corrected chi connectivity index (χ0v) is 18.0. The van der Waals surface area contributed by atoms with E-state index in [1.54, 1.807) is 0 Å². The number of hydrogen-bond donors (Lipinski definition) is 1. The molecule has 3 heteroatoms. The van der Waals surface area contributed by atoms with E-state index in [1.807, 2.05) is 0 Å². The molecule has 0 saturated heterocycles. The minimum Gasteiger partial charge on any atom is -0.330 e. The van der Waals surface area contributed by atoms with Crippen LogP contribution in [0.15, 0.2) is 36.5 Å². The van der Waals surface area contributed by atoms with E-state index < -0.39 is 0 Å². The Morgan fingerprint density at radius 1 is 1.28 bits per heavy atom. The maximum atomic E-state index is 5.90. The first-order valence-electron chi connectivity index (χ1n) is 10.1. The maximum absolute atomic E-state index is 5.90. The zero-order valence-electron chi connectivity index (χ0n) is 16.4. The molecule has 0 bridgehead atoms. The monoisotopic (exact) mass is 410 g/mol. The van der Waals surface area contributed by atoms with Gasteiger partial charge in [0.1, 0.15) is 0 Å². The lowest BCUT2D eigenvalue weighted by molar-refractivity contribution is 0.257. The quantitative estimate of drug-likeness (QED) is 0.239. The van der Waals surface area contributed by atoms with Crippen LogP contribution in [0.4, 0.5) is 0 Å². The van der Waals surface area contributed by atoms with Crippen molar-refractivity contribution in [1.82, 2.24) is 4.90 Å². The van der Waals surface area contributed by atoms with Gasteiger partial charge in [0, 0.05) is 17.9 Å². The summed E-state index contributed by atoms with van der Waals surface area (Å²) in [6.45, 7) is 12.8. The van der Waals surface area contributed by atoms with Crippen LogP contribution in [-0.4, -0.2) is 35.9 Å². The van der Waals surface area contributed by atoms with Crippen molar-refractivity contribution in [3.05, 3.63) is 36.5 Å². The number of unbranched alkanes of at least 4 members (excludes halogenated alkanes) is 1. The summed E-state index contributed by atoms with van der Waals surface area (Å²) in [6.07, 6.45) is 17.9. The number of alkyl halides is 1. The van der Waals surface area contributed by atoms with E-state index in [0.717, 1.165) is 39.0 Å². The van der Waals surface area contributed by atoms with Gasteiger partial charge >= 0.3 is 0 Å². The van der Waals surface area contributed by atoms with E-state index in [9.17, 15) is 0 Å². The van der Waals surface area contributed by atoms with Crippen LogP contribution < -0.4 is 5.73 Å². The van der Waals surface area contributed by atoms with Crippen LogP contribution in [0.5, 0.6) is 0 Å². The van der Waals surface area contributed by atoms with Crippen LogP contribution in [-0.2, 0) is 0 Å². The summed E-state index contributed by atoms with van der Waals surface area (Å²) in [5, 5.41) is 0. The number of rotatable bonds is 13. The Morgan fingerprint density at radius 2 is 2.08 bits per heavy atom. The third-order valence-corrected chi connectivity index (χ3v) is 5.78. The van der Waals surface area contributed by atoms with Gasteiger partial charge in [0.2, 0.25) is 0 Å². The summed E-state index contributed by atoms with van der Waals surface area (Å²) in [5.74, 6) is 1.35. The zero-order chi connectivity index (χ0) is 18.5. The van der Waals surface area contributed by atoms with E-state index >= 15 is 0 Å². The smallest absolute Gasteiger partial charge is 0.0336 e. The second kappa shape index (κ2) is 13.8. The van der Waals surface area contributed by atoms with Gasteiger partial charge < -0.3 is 5.73 Å². The molecule has 0 aromatic rings. The third-order valence-electron chi connectivity index (χ3n) is 5.13. The first-order chi connectivity index (χ1) is 12.1. The molecule has 1 aliphatic carbocycles. The van der Waals surface area contributed by atoms with Crippen molar-refractivity contribution in [2.45, 2.75) is 63.6 Å². The van der Waals surface area contributed by atoms with Crippen molar-refractivity contribution in [2.24, 2.45) is 17.6 Å². The highest BCUT2D eigenvalue weighted by molar-refractivity contribution is 9.09. The first kappa shape index (κ1) is 22.7. The molecule has 3 atom stereocenters. The van der Waals surface area contributed by atoms with E-state index in [-0.39, 0.29) is 0 Å². The Hall–Kier alpha value is -0.380. The van der Waals surface area contributed by atoms with E-state index in [4.69, 9.17) is 5.73 Å². The van der Waals surface area contributed by atoms with Crippen molar-refractivity contribution in [3.8, 4) is 0 Å². The van der Waals surface area contributed by atoms with E-state index in [0.29, 0.717) is 16.7 Å². The average Bonchev–Trinajstić information content (AvgIpc) is 2.85. The Kier molecular flexibility index (Phi) is 12.5. The molecule has 2 nitrogen and oxygen atoms in total. The molecule has 0 amide bonds. The normalized spacial score (nSPS) is 19.8. The van der Waals surface area contributed by atoms with Crippen molar-refractivity contribution in [3.63, 3.8) is 0 Å². The Bertz CT molecular complexity index is 414. The molecule has 0 aliphatic heterocycles. The minimum atomic E-state index is 0.380. The summed E-state index contributed by atoms with van der Waals surface area (Å²) >= 11 is 3.67. The van der Waals surface area contributed by atoms with Crippen LogP contribution in [0.3, 0.4) is 0 Å². The second-order valence-corrected chi connectivity index (χ2v) is 8.90. The molecule has 1 rings (SSSR count). The molecular formula is C22H39BrN2. The first-order valence-corrected chi connectivity index (χ1v) is 11.0. The fraction of sp³-hybridized carbons (Fsp3) is 0.727. The van der Waals surface area contributed by atoms with Gasteiger partial charge in [-0.3, -0.25) is 4.90 Å². The van der Waals surface area contributed by atoms with Crippen LogP contribution >= 0.6 is 15.9 Å². The lowest BCUT2D eigenvalue weighted by Crippen LogP contribution is -2.33. The molecule has 0 saturated carbocycles. The van der Waals surface area contributed by atoms with Gasteiger partial charge in [0.15, 0.2) is 0 Å². The summed E-state index contributed by atoms with van der Waals surface area (Å²) in [6, 6.07) is 0. The molecule has 0 radical (unpaired) electrons. The molecule has 0 heterocycles. The molecular weight excluding hydrogens is 372 g/mol. The molecule has 144 valence electrons. The lowest BCUT2D eigenvalue weighted by Gasteiger charge is -2.27. The van der Waals surface area contributed by atoms with Crippen LogP contribution in [0.25, 0.3) is 0 Å². The topological polar surface area (TPSA) is 29.3 Å². The SMILES string of the molecule is C=C(CN(CCCCC(CN)CCC)CC1C=CCC=CC1)C(C)Br. The predicted molar refractivity (Wildman–Crippen MR) is 116 cm³/mol. The maximum Gasteiger partial charge on any atom is 0.0336 e. The Balaban J connectivity index is 2.47. The molecule has 0 aromatic heterocycles. The number of hydrogen-bond acceptors (Lipinski definition) is 2. The van der Waals surface area contributed by atoms with Crippen molar-refractivity contribution >= 4 is 15.9 Å². The van der Waals surface area contributed by atoms with Crippen molar-refractivity contribution < 1.29 is 0 Å². The Labute approximate surface area is 164 Å². The van der Waals surface area contributed by atoms with Crippen LogP contribution in [0, 0.1) is 11.8 Å². The van der Waals surface area contributed by atoms with Gasteiger partial charge in [0.25, 0.3) is 0 Å². The fourth-order valence-electron chi connectivity index (χ4n) is 3.47. The van der Waals surface area contributed by atoms with Gasteiger partial charge in [-0.2, -0.15) is 0 Å². The number of nitrogens with two attached hydrogens (primary N) is 1. The van der Waals surface area contributed by atoms with Gasteiger partial charge in [0.05, 0.1) is 0 Å². The molecule has 1 aliphatic rings. The molecule has 2 N–H and O–H groups in total.